The molecule has 2 aromatic carbocycles. The van der Waals surface area contributed by atoms with Crippen LogP contribution in [0.1, 0.15) is 22.3 Å². The van der Waals surface area contributed by atoms with Gasteiger partial charge in [-0.05, 0) is 36.6 Å². The normalized spacial score (nSPS) is 14.8. The molecule has 1 fully saturated rings. The zero-order valence-corrected chi connectivity index (χ0v) is 19.0. The van der Waals surface area contributed by atoms with Gasteiger partial charge in [0, 0.05) is 39.0 Å². The van der Waals surface area contributed by atoms with Crippen molar-refractivity contribution in [3.05, 3.63) is 64.7 Å². The van der Waals surface area contributed by atoms with E-state index in [0.29, 0.717) is 39.1 Å². The van der Waals surface area contributed by atoms with E-state index in [1.807, 2.05) is 30.3 Å². The molecule has 0 unspecified atom stereocenters. The number of rotatable bonds is 5. The van der Waals surface area contributed by atoms with Gasteiger partial charge in [-0.2, -0.15) is 0 Å². The van der Waals surface area contributed by atoms with Crippen LogP contribution >= 0.6 is 11.6 Å². The Morgan fingerprint density at radius 3 is 2.35 bits per heavy atom. The summed E-state index contributed by atoms with van der Waals surface area (Å²) >= 11 is 6.19. The highest BCUT2D eigenvalue weighted by atomic mass is 35.5. The fourth-order valence-electron chi connectivity index (χ4n) is 3.46. The minimum atomic E-state index is -3.40. The lowest BCUT2D eigenvalue weighted by molar-refractivity contribution is 0.0762. The molecule has 0 radical (unpaired) electrons. The molecule has 31 heavy (non-hydrogen) atoms. The fraction of sp³-hybridized carbons (Fsp3) is 0.364. The lowest BCUT2D eigenvalue weighted by atomic mass is 10.1. The van der Waals surface area contributed by atoms with E-state index in [-0.39, 0.29) is 27.4 Å². The Labute approximate surface area is 187 Å². The Morgan fingerprint density at radius 1 is 1.00 bits per heavy atom. The summed E-state index contributed by atoms with van der Waals surface area (Å²) in [4.78, 5) is 28.9. The molecule has 2 aromatic rings. The molecule has 1 aliphatic heterocycles. The maximum absolute atomic E-state index is 12.9. The van der Waals surface area contributed by atoms with E-state index in [1.165, 1.54) is 18.2 Å². The smallest absolute Gasteiger partial charge is 0.317 e. The number of halogens is 1. The van der Waals surface area contributed by atoms with Crippen LogP contribution in [0, 0.1) is 0 Å². The number of hydrogen-bond donors (Lipinski definition) is 1. The first kappa shape index (κ1) is 23.1. The molecule has 0 aromatic heterocycles. The molecule has 0 aliphatic carbocycles. The number of carbonyl (C=O) groups is 2. The molecule has 1 N–H and O–H groups in total. The van der Waals surface area contributed by atoms with Gasteiger partial charge in [0.05, 0.1) is 15.5 Å². The largest absolute Gasteiger partial charge is 0.338 e. The molecule has 1 saturated heterocycles. The zero-order chi connectivity index (χ0) is 22.4. The number of sulfone groups is 1. The van der Waals surface area contributed by atoms with Crippen LogP contribution in [0.15, 0.2) is 53.4 Å². The van der Waals surface area contributed by atoms with E-state index < -0.39 is 9.84 Å². The predicted molar refractivity (Wildman–Crippen MR) is 120 cm³/mol. The van der Waals surface area contributed by atoms with Crippen molar-refractivity contribution in [3.63, 3.8) is 0 Å². The second-order valence-electron chi connectivity index (χ2n) is 7.51. The van der Waals surface area contributed by atoms with Gasteiger partial charge in [0.1, 0.15) is 0 Å². The molecule has 166 valence electrons. The molecule has 1 aliphatic rings. The Bertz CT molecular complexity index is 1040. The summed E-state index contributed by atoms with van der Waals surface area (Å²) in [7, 11) is -3.40. The Morgan fingerprint density at radius 2 is 1.68 bits per heavy atom. The van der Waals surface area contributed by atoms with E-state index >= 15 is 0 Å². The first-order valence-corrected chi connectivity index (χ1v) is 12.4. The lowest BCUT2D eigenvalue weighted by Gasteiger charge is -2.23. The van der Waals surface area contributed by atoms with Crippen molar-refractivity contribution in [3.8, 4) is 0 Å². The van der Waals surface area contributed by atoms with Crippen LogP contribution in [-0.2, 0) is 16.3 Å². The third kappa shape index (κ3) is 6.21. The van der Waals surface area contributed by atoms with Crippen molar-refractivity contribution in [1.29, 1.82) is 0 Å². The summed E-state index contributed by atoms with van der Waals surface area (Å²) in [5, 5.41) is 3.04. The van der Waals surface area contributed by atoms with E-state index in [0.717, 1.165) is 18.2 Å². The van der Waals surface area contributed by atoms with Crippen molar-refractivity contribution >= 4 is 33.4 Å². The molecule has 0 atom stereocenters. The highest BCUT2D eigenvalue weighted by Crippen LogP contribution is 2.23. The minimum Gasteiger partial charge on any atom is -0.338 e. The average molecular weight is 464 g/mol. The van der Waals surface area contributed by atoms with Gasteiger partial charge >= 0.3 is 6.03 Å². The molecule has 7 nitrogen and oxygen atoms in total. The SMILES string of the molecule is CS(=O)(=O)c1ccc(C(=O)N2CCCN(C(=O)NCCc3ccccc3)CC2)c(Cl)c1. The number of hydrogen-bond acceptors (Lipinski definition) is 4. The quantitative estimate of drug-likeness (QED) is 0.738. The Hall–Kier alpha value is -2.58. The monoisotopic (exact) mass is 463 g/mol. The predicted octanol–water partition coefficient (Wildman–Crippen LogP) is 2.84. The number of benzene rings is 2. The molecule has 3 amide bonds. The molecular formula is C22H26ClN3O4S. The van der Waals surface area contributed by atoms with Gasteiger partial charge in [-0.15, -0.1) is 0 Å². The van der Waals surface area contributed by atoms with Crippen LogP contribution in [0.5, 0.6) is 0 Å². The molecule has 1 heterocycles. The van der Waals surface area contributed by atoms with Crippen molar-refractivity contribution < 1.29 is 18.0 Å². The van der Waals surface area contributed by atoms with Gasteiger partial charge in [-0.1, -0.05) is 41.9 Å². The molecular weight excluding hydrogens is 438 g/mol. The summed E-state index contributed by atoms with van der Waals surface area (Å²) in [5.74, 6) is -0.267. The van der Waals surface area contributed by atoms with Gasteiger partial charge in [0.25, 0.3) is 5.91 Å². The Balaban J connectivity index is 1.55. The summed E-state index contributed by atoms with van der Waals surface area (Å²) in [6.45, 7) is 2.40. The summed E-state index contributed by atoms with van der Waals surface area (Å²) in [6, 6.07) is 13.9. The van der Waals surface area contributed by atoms with Gasteiger partial charge in [0.2, 0.25) is 0 Å². The van der Waals surface area contributed by atoms with Crippen LogP contribution < -0.4 is 5.32 Å². The maximum atomic E-state index is 12.9. The molecule has 0 saturated carbocycles. The maximum Gasteiger partial charge on any atom is 0.317 e. The van der Waals surface area contributed by atoms with Gasteiger partial charge < -0.3 is 15.1 Å². The molecule has 9 heteroatoms. The number of urea groups is 1. The van der Waals surface area contributed by atoms with Crippen molar-refractivity contribution in [2.45, 2.75) is 17.7 Å². The Kier molecular flexibility index (Phi) is 7.56. The van der Waals surface area contributed by atoms with Crippen LogP contribution in [0.25, 0.3) is 0 Å². The first-order chi connectivity index (χ1) is 14.8. The van der Waals surface area contributed by atoms with E-state index in [2.05, 4.69) is 5.32 Å². The lowest BCUT2D eigenvalue weighted by Crippen LogP contribution is -2.43. The van der Waals surface area contributed by atoms with Crippen molar-refractivity contribution in [2.75, 3.05) is 39.0 Å². The average Bonchev–Trinajstić information content (AvgIpc) is 3.00. The zero-order valence-electron chi connectivity index (χ0n) is 17.4. The van der Waals surface area contributed by atoms with Crippen LogP contribution in [0.3, 0.4) is 0 Å². The number of nitrogens with one attached hydrogen (secondary N) is 1. The topological polar surface area (TPSA) is 86.8 Å². The second kappa shape index (κ2) is 10.2. The standard InChI is InChI=1S/C22H26ClN3O4S/c1-31(29,30)18-8-9-19(20(23)16-18)21(27)25-12-5-13-26(15-14-25)22(28)24-11-10-17-6-3-2-4-7-17/h2-4,6-9,16H,5,10-15H2,1H3,(H,24,28). The number of nitrogens with zero attached hydrogens (tertiary/aromatic N) is 2. The van der Waals surface area contributed by atoms with E-state index in [9.17, 15) is 18.0 Å². The van der Waals surface area contributed by atoms with Gasteiger partial charge in [-0.3, -0.25) is 4.79 Å². The third-order valence-electron chi connectivity index (χ3n) is 5.20. The van der Waals surface area contributed by atoms with Gasteiger partial charge in [-0.25, -0.2) is 13.2 Å². The molecule has 0 spiro atoms. The van der Waals surface area contributed by atoms with E-state index in [1.54, 1.807) is 9.80 Å². The summed E-state index contributed by atoms with van der Waals surface area (Å²) in [6.07, 6.45) is 2.50. The van der Waals surface area contributed by atoms with Crippen molar-refractivity contribution in [2.24, 2.45) is 0 Å². The molecule has 3 rings (SSSR count). The first-order valence-electron chi connectivity index (χ1n) is 10.1. The highest BCUT2D eigenvalue weighted by molar-refractivity contribution is 7.90. The minimum absolute atomic E-state index is 0.0725. The highest BCUT2D eigenvalue weighted by Gasteiger charge is 2.24. The van der Waals surface area contributed by atoms with Gasteiger partial charge in [0.15, 0.2) is 9.84 Å². The summed E-state index contributed by atoms with van der Waals surface area (Å²) in [5.41, 5.74) is 1.42. The molecule has 0 bridgehead atoms. The number of amides is 3. The third-order valence-corrected chi connectivity index (χ3v) is 6.63. The van der Waals surface area contributed by atoms with E-state index in [4.69, 9.17) is 11.6 Å². The fourth-order valence-corrected chi connectivity index (χ4v) is 4.44. The van der Waals surface area contributed by atoms with Crippen LogP contribution in [0.4, 0.5) is 4.79 Å². The van der Waals surface area contributed by atoms with Crippen molar-refractivity contribution in [1.82, 2.24) is 15.1 Å². The van der Waals surface area contributed by atoms with Crippen LogP contribution in [-0.4, -0.2) is 69.1 Å². The summed E-state index contributed by atoms with van der Waals surface area (Å²) < 4.78 is 23.3. The number of carbonyl (C=O) groups excluding carboxylic acids is 2. The second-order valence-corrected chi connectivity index (χ2v) is 9.94. The van der Waals surface area contributed by atoms with Crippen LogP contribution in [0.2, 0.25) is 5.02 Å².